The Morgan fingerprint density at radius 3 is 2.56 bits per heavy atom. The number of nitrogens with zero attached hydrogens (tertiary/aromatic N) is 1. The van der Waals surface area contributed by atoms with Crippen LogP contribution in [-0.4, -0.2) is 24.5 Å². The third kappa shape index (κ3) is 3.88. The van der Waals surface area contributed by atoms with E-state index in [1.807, 2.05) is 42.5 Å². The van der Waals surface area contributed by atoms with Gasteiger partial charge in [0.25, 0.3) is 5.91 Å². The lowest BCUT2D eigenvalue weighted by Crippen LogP contribution is -2.28. The minimum absolute atomic E-state index is 0.210. The number of carbonyl (C=O) groups excluding carboxylic acids is 1. The van der Waals surface area contributed by atoms with Gasteiger partial charge in [-0.3, -0.25) is 4.79 Å². The molecule has 25 heavy (non-hydrogen) atoms. The molecule has 0 aliphatic carbocycles. The molecule has 2 aromatic carbocycles. The first kappa shape index (κ1) is 16.8. The van der Waals surface area contributed by atoms with Gasteiger partial charge in [-0.15, -0.1) is 0 Å². The number of hydrogen-bond acceptors (Lipinski definition) is 4. The van der Waals surface area contributed by atoms with Crippen LogP contribution >= 0.6 is 0 Å². The van der Waals surface area contributed by atoms with E-state index in [1.54, 1.807) is 7.11 Å². The van der Waals surface area contributed by atoms with Gasteiger partial charge in [0.1, 0.15) is 5.75 Å². The van der Waals surface area contributed by atoms with E-state index in [0.29, 0.717) is 12.3 Å². The van der Waals surface area contributed by atoms with Crippen LogP contribution in [0.5, 0.6) is 5.75 Å². The van der Waals surface area contributed by atoms with Crippen LogP contribution in [0.25, 0.3) is 11.3 Å². The lowest BCUT2D eigenvalue weighted by atomic mass is 10.0. The molecule has 5 nitrogen and oxygen atoms in total. The van der Waals surface area contributed by atoms with Crippen molar-refractivity contribution in [1.29, 1.82) is 0 Å². The number of hydrogen-bond donors (Lipinski definition) is 1. The Morgan fingerprint density at radius 2 is 1.88 bits per heavy atom. The van der Waals surface area contributed by atoms with E-state index in [2.05, 4.69) is 29.4 Å². The molecule has 1 atom stereocenters. The fourth-order valence-corrected chi connectivity index (χ4v) is 2.58. The lowest BCUT2D eigenvalue weighted by molar-refractivity contribution is 0.0947. The zero-order chi connectivity index (χ0) is 17.6. The predicted octanol–water partition coefficient (Wildman–Crippen LogP) is 3.88. The Labute approximate surface area is 146 Å². The number of methoxy groups -OCH3 is 1. The third-order valence-corrected chi connectivity index (χ3v) is 4.07. The molecular formula is C20H20N2O3. The third-order valence-electron chi connectivity index (χ3n) is 4.07. The monoisotopic (exact) mass is 336 g/mol. The summed E-state index contributed by atoms with van der Waals surface area (Å²) in [6.07, 6.45) is 1.29. The molecule has 0 radical (unpaired) electrons. The summed E-state index contributed by atoms with van der Waals surface area (Å²) >= 11 is 0. The Hall–Kier alpha value is -3.08. The zero-order valence-electron chi connectivity index (χ0n) is 14.2. The number of benzene rings is 2. The van der Waals surface area contributed by atoms with E-state index in [9.17, 15) is 4.79 Å². The van der Waals surface area contributed by atoms with Gasteiger partial charge in [0.2, 0.25) is 0 Å². The largest absolute Gasteiger partial charge is 0.497 e. The summed E-state index contributed by atoms with van der Waals surface area (Å²) in [6, 6.07) is 17.4. The van der Waals surface area contributed by atoms with Crippen LogP contribution in [-0.2, 0) is 0 Å². The number of carbonyl (C=O) groups is 1. The van der Waals surface area contributed by atoms with Crippen LogP contribution in [0.2, 0.25) is 0 Å². The Balaban J connectivity index is 1.70. The standard InChI is InChI=1S/C20H20N2O3/c1-14(15-6-4-3-5-7-15)12-21-20(23)18-19(25-13-22-18)16-8-10-17(24-2)11-9-16/h3-11,13-14H,12H2,1-2H3,(H,21,23)/t14-/m1/s1. The van der Waals surface area contributed by atoms with Gasteiger partial charge in [-0.05, 0) is 35.7 Å². The summed E-state index contributed by atoms with van der Waals surface area (Å²) in [6.45, 7) is 2.60. The highest BCUT2D eigenvalue weighted by Crippen LogP contribution is 2.25. The van der Waals surface area contributed by atoms with E-state index in [0.717, 1.165) is 11.3 Å². The first-order valence-corrected chi connectivity index (χ1v) is 8.10. The molecule has 128 valence electrons. The molecule has 1 amide bonds. The first-order valence-electron chi connectivity index (χ1n) is 8.10. The van der Waals surface area contributed by atoms with Crippen molar-refractivity contribution >= 4 is 5.91 Å². The normalized spacial score (nSPS) is 11.8. The molecule has 1 aromatic heterocycles. The molecule has 0 spiro atoms. The van der Waals surface area contributed by atoms with Gasteiger partial charge in [-0.2, -0.15) is 0 Å². The van der Waals surface area contributed by atoms with Crippen molar-refractivity contribution < 1.29 is 13.9 Å². The van der Waals surface area contributed by atoms with Gasteiger partial charge in [0.15, 0.2) is 17.8 Å². The molecule has 0 bridgehead atoms. The van der Waals surface area contributed by atoms with E-state index >= 15 is 0 Å². The second-order valence-electron chi connectivity index (χ2n) is 5.78. The highest BCUT2D eigenvalue weighted by atomic mass is 16.5. The lowest BCUT2D eigenvalue weighted by Gasteiger charge is -2.12. The number of amides is 1. The van der Waals surface area contributed by atoms with Crippen LogP contribution in [0.1, 0.15) is 28.9 Å². The summed E-state index contributed by atoms with van der Waals surface area (Å²) in [5.41, 5.74) is 2.24. The molecule has 5 heteroatoms. The quantitative estimate of drug-likeness (QED) is 0.742. The van der Waals surface area contributed by atoms with Crippen LogP contribution < -0.4 is 10.1 Å². The molecule has 0 aliphatic heterocycles. The molecule has 0 unspecified atom stereocenters. The van der Waals surface area contributed by atoms with Gasteiger partial charge in [-0.25, -0.2) is 4.98 Å². The molecule has 0 saturated carbocycles. The summed E-state index contributed by atoms with van der Waals surface area (Å²) in [7, 11) is 1.61. The van der Waals surface area contributed by atoms with Gasteiger partial charge in [0, 0.05) is 12.1 Å². The van der Waals surface area contributed by atoms with Crippen molar-refractivity contribution in [3.63, 3.8) is 0 Å². The van der Waals surface area contributed by atoms with E-state index < -0.39 is 0 Å². The van der Waals surface area contributed by atoms with Crippen molar-refractivity contribution in [3.05, 3.63) is 72.2 Å². The van der Waals surface area contributed by atoms with Gasteiger partial charge in [-0.1, -0.05) is 37.3 Å². The maximum Gasteiger partial charge on any atom is 0.273 e. The maximum atomic E-state index is 12.5. The van der Waals surface area contributed by atoms with E-state index in [4.69, 9.17) is 9.15 Å². The fraction of sp³-hybridized carbons (Fsp3) is 0.200. The van der Waals surface area contributed by atoms with Crippen molar-refractivity contribution in [2.24, 2.45) is 0 Å². The topological polar surface area (TPSA) is 64.4 Å². The van der Waals surface area contributed by atoms with E-state index in [1.165, 1.54) is 12.0 Å². The van der Waals surface area contributed by atoms with Gasteiger partial charge in [0.05, 0.1) is 7.11 Å². The molecule has 3 aromatic rings. The van der Waals surface area contributed by atoms with Crippen LogP contribution in [0.3, 0.4) is 0 Å². The summed E-state index contributed by atoms with van der Waals surface area (Å²) in [5.74, 6) is 1.15. The Kier molecular flexibility index (Phi) is 5.14. The molecule has 3 rings (SSSR count). The second-order valence-corrected chi connectivity index (χ2v) is 5.78. The second kappa shape index (κ2) is 7.66. The summed E-state index contributed by atoms with van der Waals surface area (Å²) < 4.78 is 10.6. The number of ether oxygens (including phenoxy) is 1. The van der Waals surface area contributed by atoms with Crippen molar-refractivity contribution in [2.45, 2.75) is 12.8 Å². The Morgan fingerprint density at radius 1 is 1.16 bits per heavy atom. The number of rotatable bonds is 6. The first-order chi connectivity index (χ1) is 12.2. The molecule has 0 saturated heterocycles. The minimum atomic E-state index is -0.248. The molecule has 0 aliphatic rings. The predicted molar refractivity (Wildman–Crippen MR) is 95.7 cm³/mol. The molecule has 1 N–H and O–H groups in total. The number of aromatic nitrogens is 1. The highest BCUT2D eigenvalue weighted by molar-refractivity contribution is 5.97. The fourth-order valence-electron chi connectivity index (χ4n) is 2.58. The number of oxazole rings is 1. The van der Waals surface area contributed by atoms with Crippen LogP contribution in [0, 0.1) is 0 Å². The van der Waals surface area contributed by atoms with E-state index in [-0.39, 0.29) is 17.5 Å². The zero-order valence-corrected chi connectivity index (χ0v) is 14.2. The van der Waals surface area contributed by atoms with Crippen molar-refractivity contribution in [3.8, 4) is 17.1 Å². The molecular weight excluding hydrogens is 316 g/mol. The molecule has 0 fully saturated rings. The highest BCUT2D eigenvalue weighted by Gasteiger charge is 2.19. The SMILES string of the molecule is COc1ccc(-c2ocnc2C(=O)NC[C@@H](C)c2ccccc2)cc1. The summed E-state index contributed by atoms with van der Waals surface area (Å²) in [4.78, 5) is 16.6. The Bertz CT molecular complexity index is 826. The minimum Gasteiger partial charge on any atom is -0.497 e. The molecule has 1 heterocycles. The van der Waals surface area contributed by atoms with Crippen molar-refractivity contribution in [2.75, 3.05) is 13.7 Å². The average molecular weight is 336 g/mol. The summed E-state index contributed by atoms with van der Waals surface area (Å²) in [5, 5.41) is 2.93. The smallest absolute Gasteiger partial charge is 0.273 e. The number of nitrogens with one attached hydrogen (secondary N) is 1. The van der Waals surface area contributed by atoms with Crippen molar-refractivity contribution in [1.82, 2.24) is 10.3 Å². The maximum absolute atomic E-state index is 12.5. The average Bonchev–Trinajstić information content (AvgIpc) is 3.16. The van der Waals surface area contributed by atoms with Crippen LogP contribution in [0.4, 0.5) is 0 Å². The van der Waals surface area contributed by atoms with Gasteiger partial charge < -0.3 is 14.5 Å². The van der Waals surface area contributed by atoms with Crippen LogP contribution in [0.15, 0.2) is 65.4 Å². The van der Waals surface area contributed by atoms with Gasteiger partial charge >= 0.3 is 0 Å².